The van der Waals surface area contributed by atoms with E-state index < -0.39 is 17.8 Å². The fourth-order valence-electron chi connectivity index (χ4n) is 3.78. The van der Waals surface area contributed by atoms with E-state index in [4.69, 9.17) is 11.6 Å². The van der Waals surface area contributed by atoms with E-state index in [0.29, 0.717) is 34.8 Å². The summed E-state index contributed by atoms with van der Waals surface area (Å²) in [7, 11) is 1.47. The zero-order valence-electron chi connectivity index (χ0n) is 17.3. The Labute approximate surface area is 185 Å². The van der Waals surface area contributed by atoms with Gasteiger partial charge in [-0.1, -0.05) is 18.2 Å². The summed E-state index contributed by atoms with van der Waals surface area (Å²) in [5.74, 6) is -1.29. The fraction of sp³-hybridized carbons (Fsp3) is 0.261. The third-order valence-corrected chi connectivity index (χ3v) is 5.51. The van der Waals surface area contributed by atoms with Gasteiger partial charge in [0.2, 0.25) is 11.8 Å². The fourth-order valence-corrected chi connectivity index (χ4v) is 4.02. The first-order valence-corrected chi connectivity index (χ1v) is 10.1. The molecule has 2 aromatic rings. The molecule has 162 valence electrons. The van der Waals surface area contributed by atoms with E-state index in [2.05, 4.69) is 11.9 Å². The van der Waals surface area contributed by atoms with Crippen LogP contribution >= 0.6 is 11.6 Å². The van der Waals surface area contributed by atoms with Gasteiger partial charge in [-0.15, -0.1) is 0 Å². The summed E-state index contributed by atoms with van der Waals surface area (Å²) < 4.78 is 14.2. The maximum atomic E-state index is 14.2. The van der Waals surface area contributed by atoms with E-state index in [1.807, 2.05) is 0 Å². The van der Waals surface area contributed by atoms with E-state index in [9.17, 15) is 18.8 Å². The number of hydrogen-bond acceptors (Lipinski definition) is 3. The average molecular weight is 444 g/mol. The lowest BCUT2D eigenvalue weighted by molar-refractivity contribution is -0.139. The Kier molecular flexibility index (Phi) is 6.75. The molecule has 8 heteroatoms. The monoisotopic (exact) mass is 443 g/mol. The van der Waals surface area contributed by atoms with Crippen LogP contribution in [0.1, 0.15) is 28.9 Å². The van der Waals surface area contributed by atoms with Crippen LogP contribution in [0.25, 0.3) is 11.1 Å². The van der Waals surface area contributed by atoms with Crippen molar-refractivity contribution in [2.24, 2.45) is 0 Å². The molecule has 1 aliphatic rings. The maximum Gasteiger partial charge on any atom is 0.251 e. The van der Waals surface area contributed by atoms with Crippen molar-refractivity contribution >= 4 is 29.3 Å². The molecule has 3 rings (SSSR count). The Morgan fingerprint density at radius 2 is 1.84 bits per heavy atom. The molecule has 0 unspecified atom stereocenters. The minimum absolute atomic E-state index is 0.120. The second-order valence-electron chi connectivity index (χ2n) is 7.30. The highest BCUT2D eigenvalue weighted by Crippen LogP contribution is 2.33. The molecule has 0 radical (unpaired) electrons. The molecule has 6 nitrogen and oxygen atoms in total. The molecule has 3 amide bonds. The first-order valence-electron chi connectivity index (χ1n) is 9.75. The minimum atomic E-state index is -0.552. The van der Waals surface area contributed by atoms with Crippen LogP contribution in [0.2, 0.25) is 5.02 Å². The molecule has 2 aromatic carbocycles. The second kappa shape index (κ2) is 9.31. The lowest BCUT2D eigenvalue weighted by Gasteiger charge is -2.41. The van der Waals surface area contributed by atoms with E-state index in [-0.39, 0.29) is 23.9 Å². The Morgan fingerprint density at radius 1 is 1.13 bits per heavy atom. The topological polar surface area (TPSA) is 69.7 Å². The predicted octanol–water partition coefficient (Wildman–Crippen LogP) is 3.42. The number of rotatable bonds is 4. The van der Waals surface area contributed by atoms with Crippen molar-refractivity contribution in [2.45, 2.75) is 13.0 Å². The largest absolute Gasteiger partial charge is 0.355 e. The van der Waals surface area contributed by atoms with Gasteiger partial charge < -0.3 is 15.1 Å². The lowest BCUT2D eigenvalue weighted by Crippen LogP contribution is -2.51. The van der Waals surface area contributed by atoms with Crippen LogP contribution in [-0.4, -0.2) is 54.2 Å². The summed E-state index contributed by atoms with van der Waals surface area (Å²) in [6.45, 7) is 6.09. The smallest absolute Gasteiger partial charge is 0.251 e. The van der Waals surface area contributed by atoms with Crippen molar-refractivity contribution in [3.05, 3.63) is 71.0 Å². The highest BCUT2D eigenvalue weighted by molar-refractivity contribution is 6.31. The van der Waals surface area contributed by atoms with Gasteiger partial charge in [-0.2, -0.15) is 0 Å². The second-order valence-corrected chi connectivity index (χ2v) is 7.73. The van der Waals surface area contributed by atoms with Crippen LogP contribution in [-0.2, 0) is 9.59 Å². The van der Waals surface area contributed by atoms with Crippen LogP contribution in [0.5, 0.6) is 0 Å². The van der Waals surface area contributed by atoms with Gasteiger partial charge in [-0.25, -0.2) is 4.39 Å². The standard InChI is InChI=1S/C23H23ClFN3O3/c1-4-22(30)27-5-6-28(14(2)29)21(13-27)17-7-15(9-19(24)10-17)16-8-18(23(31)26-3)12-20(25)11-16/h4,7-12,21H,1,5-6,13H2,2-3H3,(H,26,31)/t21-/m0/s1. The Balaban J connectivity index is 2.06. The number of hydrogen-bond donors (Lipinski definition) is 1. The van der Waals surface area contributed by atoms with Crippen molar-refractivity contribution < 1.29 is 18.8 Å². The molecule has 0 aliphatic carbocycles. The molecule has 1 fully saturated rings. The van der Waals surface area contributed by atoms with Crippen LogP contribution in [0.4, 0.5) is 4.39 Å². The van der Waals surface area contributed by atoms with Gasteiger partial charge in [0.05, 0.1) is 6.04 Å². The molecule has 1 atom stereocenters. The van der Waals surface area contributed by atoms with Crippen LogP contribution in [0.3, 0.4) is 0 Å². The summed E-state index contributed by atoms with van der Waals surface area (Å²) in [4.78, 5) is 39.7. The molecule has 31 heavy (non-hydrogen) atoms. The molecule has 0 aromatic heterocycles. The average Bonchev–Trinajstić information content (AvgIpc) is 2.76. The summed E-state index contributed by atoms with van der Waals surface area (Å²) in [6, 6.07) is 8.84. The quantitative estimate of drug-likeness (QED) is 0.736. The number of nitrogens with zero attached hydrogens (tertiary/aromatic N) is 2. The molecule has 1 N–H and O–H groups in total. The zero-order chi connectivity index (χ0) is 22.7. The summed E-state index contributed by atoms with van der Waals surface area (Å²) >= 11 is 6.37. The SMILES string of the molecule is C=CC(=O)N1CCN(C(C)=O)[C@H](c2cc(Cl)cc(-c3cc(F)cc(C(=O)NC)c3)c2)C1. The van der Waals surface area contributed by atoms with E-state index in [1.165, 1.54) is 26.1 Å². The molecule has 0 spiro atoms. The summed E-state index contributed by atoms with van der Waals surface area (Å²) in [6.07, 6.45) is 1.25. The molecule has 0 saturated carbocycles. The van der Waals surface area contributed by atoms with Gasteiger partial charge in [0, 0.05) is 44.2 Å². The first-order chi connectivity index (χ1) is 14.7. The van der Waals surface area contributed by atoms with Gasteiger partial charge in [0.25, 0.3) is 5.91 Å². The number of carbonyl (C=O) groups excluding carboxylic acids is 3. The molecule has 1 aliphatic heterocycles. The molecule has 0 bridgehead atoms. The Morgan fingerprint density at radius 3 is 2.48 bits per heavy atom. The van der Waals surface area contributed by atoms with Crippen molar-refractivity contribution in [2.75, 3.05) is 26.7 Å². The molecular formula is C23H23ClFN3O3. The van der Waals surface area contributed by atoms with Crippen LogP contribution in [0.15, 0.2) is 49.1 Å². The van der Waals surface area contributed by atoms with E-state index in [0.717, 1.165) is 6.07 Å². The maximum absolute atomic E-state index is 14.2. The van der Waals surface area contributed by atoms with Crippen molar-refractivity contribution in [1.29, 1.82) is 0 Å². The number of carbonyl (C=O) groups is 3. The first kappa shape index (κ1) is 22.5. The van der Waals surface area contributed by atoms with Crippen LogP contribution < -0.4 is 5.32 Å². The zero-order valence-corrected chi connectivity index (χ0v) is 18.1. The van der Waals surface area contributed by atoms with Gasteiger partial charge in [0.15, 0.2) is 0 Å². The minimum Gasteiger partial charge on any atom is -0.355 e. The third-order valence-electron chi connectivity index (χ3n) is 5.30. The Hall–Kier alpha value is -3.19. The highest BCUT2D eigenvalue weighted by atomic mass is 35.5. The van der Waals surface area contributed by atoms with E-state index >= 15 is 0 Å². The number of piperazine rings is 1. The third kappa shape index (κ3) is 4.94. The van der Waals surface area contributed by atoms with Crippen LogP contribution in [0, 0.1) is 5.82 Å². The summed E-state index contributed by atoms with van der Waals surface area (Å²) in [5, 5.41) is 2.88. The normalized spacial score (nSPS) is 16.1. The lowest BCUT2D eigenvalue weighted by atomic mass is 9.96. The molecule has 1 heterocycles. The van der Waals surface area contributed by atoms with Gasteiger partial charge >= 0.3 is 0 Å². The summed E-state index contributed by atoms with van der Waals surface area (Å²) in [5.41, 5.74) is 1.98. The predicted molar refractivity (Wildman–Crippen MR) is 117 cm³/mol. The number of amides is 3. The number of halogens is 2. The molecular weight excluding hydrogens is 421 g/mol. The van der Waals surface area contributed by atoms with Crippen molar-refractivity contribution in [1.82, 2.24) is 15.1 Å². The van der Waals surface area contributed by atoms with Crippen molar-refractivity contribution in [3.8, 4) is 11.1 Å². The van der Waals surface area contributed by atoms with Crippen molar-refractivity contribution in [3.63, 3.8) is 0 Å². The molecule has 1 saturated heterocycles. The van der Waals surface area contributed by atoms with Gasteiger partial charge in [-0.3, -0.25) is 14.4 Å². The highest BCUT2D eigenvalue weighted by Gasteiger charge is 2.31. The van der Waals surface area contributed by atoms with E-state index in [1.54, 1.807) is 34.1 Å². The van der Waals surface area contributed by atoms with Gasteiger partial charge in [0.1, 0.15) is 5.82 Å². The number of nitrogens with one attached hydrogen (secondary N) is 1. The Bertz CT molecular complexity index is 1060. The van der Waals surface area contributed by atoms with Gasteiger partial charge in [-0.05, 0) is 59.2 Å². The number of benzene rings is 2.